The smallest absolute Gasteiger partial charge is 0.253 e. The van der Waals surface area contributed by atoms with Gasteiger partial charge in [0, 0.05) is 31.2 Å². The molecule has 1 aromatic heterocycles. The molecule has 25 heavy (non-hydrogen) atoms. The summed E-state index contributed by atoms with van der Waals surface area (Å²) in [7, 11) is -3.59. The molecular weight excluding hydrogens is 360 g/mol. The molecule has 1 aliphatic heterocycles. The molecule has 0 aromatic carbocycles. The third kappa shape index (κ3) is 5.51. The summed E-state index contributed by atoms with van der Waals surface area (Å²) in [6.45, 7) is 6.26. The van der Waals surface area contributed by atoms with E-state index in [4.69, 9.17) is 4.74 Å². The van der Waals surface area contributed by atoms with Crippen LogP contribution in [-0.2, 0) is 19.6 Å². The molecule has 1 aromatic rings. The Morgan fingerprint density at radius 2 is 2.12 bits per heavy atom. The molecule has 1 atom stereocenters. The number of unbranched alkanes of at least 4 members (excludes halogenated alkanes) is 1. The van der Waals surface area contributed by atoms with Gasteiger partial charge in [-0.25, -0.2) is 8.42 Å². The van der Waals surface area contributed by atoms with Crippen LogP contribution in [0.2, 0.25) is 0 Å². The highest BCUT2D eigenvalue weighted by Gasteiger charge is 2.39. The Morgan fingerprint density at radius 1 is 1.36 bits per heavy atom. The molecule has 2 heterocycles. The highest BCUT2D eigenvalue weighted by atomic mass is 32.2. The first kappa shape index (κ1) is 20.4. The number of nitrogens with one attached hydrogen (secondary N) is 1. The van der Waals surface area contributed by atoms with Crippen molar-refractivity contribution in [3.05, 3.63) is 17.0 Å². The second-order valence-corrected chi connectivity index (χ2v) is 9.65. The molecule has 8 heteroatoms. The maximum Gasteiger partial charge on any atom is 0.253 e. The van der Waals surface area contributed by atoms with Crippen LogP contribution in [0.3, 0.4) is 0 Å². The average molecular weight is 389 g/mol. The van der Waals surface area contributed by atoms with Gasteiger partial charge in [-0.2, -0.15) is 4.31 Å². The maximum absolute atomic E-state index is 12.8. The molecule has 6 nitrogen and oxygen atoms in total. The van der Waals surface area contributed by atoms with E-state index in [0.717, 1.165) is 30.7 Å². The van der Waals surface area contributed by atoms with Crippen molar-refractivity contribution in [3.63, 3.8) is 0 Å². The van der Waals surface area contributed by atoms with E-state index < -0.39 is 16.1 Å². The average Bonchev–Trinajstić information content (AvgIpc) is 3.23. The molecule has 0 saturated carbocycles. The number of sulfonamides is 1. The fourth-order valence-corrected chi connectivity index (χ4v) is 5.88. The van der Waals surface area contributed by atoms with Crippen LogP contribution < -0.4 is 5.32 Å². The molecule has 1 fully saturated rings. The molecule has 0 spiro atoms. The summed E-state index contributed by atoms with van der Waals surface area (Å²) < 4.78 is 32.7. The molecule has 1 aliphatic rings. The van der Waals surface area contributed by atoms with Crippen LogP contribution >= 0.6 is 11.3 Å². The number of hydrogen-bond acceptors (Lipinski definition) is 5. The van der Waals surface area contributed by atoms with Crippen LogP contribution in [-0.4, -0.2) is 51.0 Å². The Kier molecular flexibility index (Phi) is 7.86. The van der Waals surface area contributed by atoms with Crippen LogP contribution in [0.15, 0.2) is 16.3 Å². The van der Waals surface area contributed by atoms with Crippen LogP contribution in [0.5, 0.6) is 0 Å². The quantitative estimate of drug-likeness (QED) is 0.625. The van der Waals surface area contributed by atoms with Gasteiger partial charge in [0.05, 0.1) is 0 Å². The Hall–Kier alpha value is -0.960. The third-order valence-electron chi connectivity index (χ3n) is 4.19. The van der Waals surface area contributed by atoms with Crippen LogP contribution in [0.4, 0.5) is 0 Å². The van der Waals surface area contributed by atoms with Gasteiger partial charge in [0.1, 0.15) is 10.3 Å². The number of amides is 1. The lowest BCUT2D eigenvalue weighted by atomic mass is 10.2. The van der Waals surface area contributed by atoms with E-state index in [-0.39, 0.29) is 5.91 Å². The molecule has 1 amide bonds. The van der Waals surface area contributed by atoms with Gasteiger partial charge < -0.3 is 10.1 Å². The molecule has 1 saturated heterocycles. The summed E-state index contributed by atoms with van der Waals surface area (Å²) in [5, 5.41) is 2.85. The number of rotatable bonds is 10. The van der Waals surface area contributed by atoms with Gasteiger partial charge in [-0.05, 0) is 44.7 Å². The van der Waals surface area contributed by atoms with Crippen LogP contribution in [0, 0.1) is 6.92 Å². The van der Waals surface area contributed by atoms with Crippen LogP contribution in [0.25, 0.3) is 0 Å². The molecule has 1 unspecified atom stereocenters. The molecule has 142 valence electrons. The van der Waals surface area contributed by atoms with E-state index in [1.807, 2.05) is 6.92 Å². The van der Waals surface area contributed by atoms with Crippen molar-refractivity contribution in [1.82, 2.24) is 9.62 Å². The van der Waals surface area contributed by atoms with Crippen molar-refractivity contribution in [1.29, 1.82) is 0 Å². The number of nitrogens with zero attached hydrogens (tertiary/aromatic N) is 1. The number of hydrogen-bond donors (Lipinski definition) is 1. The standard InChI is InChI=1S/C17H28N2O4S2/c1-3-4-12-23-13-6-10-18-17(20)15-7-5-11-19(15)25(21,22)16-9-8-14(2)24-16/h8-9,15H,3-7,10-13H2,1-2H3,(H,18,20). The van der Waals surface area contributed by atoms with Gasteiger partial charge in [-0.1, -0.05) is 13.3 Å². The van der Waals surface area contributed by atoms with Crippen molar-refractivity contribution >= 4 is 27.3 Å². The maximum atomic E-state index is 12.8. The van der Waals surface area contributed by atoms with Gasteiger partial charge in [-0.3, -0.25) is 4.79 Å². The summed E-state index contributed by atoms with van der Waals surface area (Å²) in [4.78, 5) is 13.4. The predicted octanol–water partition coefficient (Wildman–Crippen LogP) is 2.53. The van der Waals surface area contributed by atoms with E-state index in [9.17, 15) is 13.2 Å². The van der Waals surface area contributed by atoms with Crippen LogP contribution in [0.1, 0.15) is 43.9 Å². The SMILES string of the molecule is CCCCOCCCNC(=O)C1CCCN1S(=O)(=O)c1ccc(C)s1. The lowest BCUT2D eigenvalue weighted by Crippen LogP contribution is -2.46. The minimum absolute atomic E-state index is 0.206. The van der Waals surface area contributed by atoms with Gasteiger partial charge in [0.25, 0.3) is 10.0 Å². The van der Waals surface area contributed by atoms with Gasteiger partial charge in [-0.15, -0.1) is 11.3 Å². The Morgan fingerprint density at radius 3 is 2.80 bits per heavy atom. The number of carbonyl (C=O) groups is 1. The van der Waals surface area contributed by atoms with Crippen molar-refractivity contribution in [2.45, 2.75) is 56.2 Å². The van der Waals surface area contributed by atoms with Gasteiger partial charge in [0.15, 0.2) is 0 Å². The molecule has 0 bridgehead atoms. The first-order valence-corrected chi connectivity index (χ1v) is 11.2. The van der Waals surface area contributed by atoms with Crippen molar-refractivity contribution in [2.75, 3.05) is 26.3 Å². The minimum Gasteiger partial charge on any atom is -0.381 e. The molecule has 2 rings (SSSR count). The minimum atomic E-state index is -3.59. The first-order chi connectivity index (χ1) is 12.0. The normalized spacial score (nSPS) is 18.6. The highest BCUT2D eigenvalue weighted by Crippen LogP contribution is 2.30. The van der Waals surface area contributed by atoms with E-state index in [1.54, 1.807) is 12.1 Å². The summed E-state index contributed by atoms with van der Waals surface area (Å²) >= 11 is 1.25. The summed E-state index contributed by atoms with van der Waals surface area (Å²) in [6.07, 6.45) is 4.17. The third-order valence-corrected chi connectivity index (χ3v) is 7.57. The van der Waals surface area contributed by atoms with Crippen molar-refractivity contribution < 1.29 is 17.9 Å². The lowest BCUT2D eigenvalue weighted by Gasteiger charge is -2.22. The first-order valence-electron chi connectivity index (χ1n) is 8.90. The Balaban J connectivity index is 1.85. The molecular formula is C17H28N2O4S2. The second-order valence-electron chi connectivity index (χ2n) is 6.25. The molecule has 1 N–H and O–H groups in total. The topological polar surface area (TPSA) is 75.7 Å². The summed E-state index contributed by atoms with van der Waals surface area (Å²) in [5.74, 6) is -0.206. The lowest BCUT2D eigenvalue weighted by molar-refractivity contribution is -0.124. The fraction of sp³-hybridized carbons (Fsp3) is 0.706. The monoisotopic (exact) mass is 388 g/mol. The molecule has 0 radical (unpaired) electrons. The van der Waals surface area contributed by atoms with Crippen molar-refractivity contribution in [3.8, 4) is 0 Å². The largest absolute Gasteiger partial charge is 0.381 e. The highest BCUT2D eigenvalue weighted by molar-refractivity contribution is 7.91. The van der Waals surface area contributed by atoms with E-state index in [2.05, 4.69) is 12.2 Å². The van der Waals surface area contributed by atoms with E-state index >= 15 is 0 Å². The number of aryl methyl sites for hydroxylation is 1. The van der Waals surface area contributed by atoms with Gasteiger partial charge in [0.2, 0.25) is 5.91 Å². The second kappa shape index (κ2) is 9.66. The summed E-state index contributed by atoms with van der Waals surface area (Å²) in [6, 6.07) is 2.81. The predicted molar refractivity (Wildman–Crippen MR) is 99.3 cm³/mol. The fourth-order valence-electron chi connectivity index (χ4n) is 2.81. The Bertz CT molecular complexity index is 657. The number of ether oxygens (including phenoxy) is 1. The van der Waals surface area contributed by atoms with Crippen molar-refractivity contribution in [2.24, 2.45) is 0 Å². The zero-order valence-electron chi connectivity index (χ0n) is 15.0. The number of thiophene rings is 1. The number of carbonyl (C=O) groups excluding carboxylic acids is 1. The zero-order valence-corrected chi connectivity index (χ0v) is 16.6. The van der Waals surface area contributed by atoms with Gasteiger partial charge >= 0.3 is 0 Å². The zero-order chi connectivity index (χ0) is 18.3. The molecule has 0 aliphatic carbocycles. The van der Waals surface area contributed by atoms with E-state index in [1.165, 1.54) is 15.6 Å². The Labute approximate surface area is 154 Å². The summed E-state index contributed by atoms with van der Waals surface area (Å²) in [5.41, 5.74) is 0. The van der Waals surface area contributed by atoms with E-state index in [0.29, 0.717) is 36.7 Å².